The summed E-state index contributed by atoms with van der Waals surface area (Å²) in [5.74, 6) is -5.60. The molecule has 0 bridgehead atoms. The van der Waals surface area contributed by atoms with Crippen LogP contribution in [0.5, 0.6) is 0 Å². The zero-order chi connectivity index (χ0) is 25.7. The van der Waals surface area contributed by atoms with E-state index in [2.05, 4.69) is 19.7 Å². The molecule has 11 heteroatoms. The Morgan fingerprint density at radius 2 is 0.719 bits per heavy atom. The van der Waals surface area contributed by atoms with E-state index in [1.807, 2.05) is 0 Å². The molecule has 0 aromatic carbocycles. The van der Waals surface area contributed by atoms with Crippen LogP contribution in [0.25, 0.3) is 0 Å². The van der Waals surface area contributed by atoms with Gasteiger partial charge in [-0.05, 0) is 82.1 Å². The summed E-state index contributed by atoms with van der Waals surface area (Å²) in [6.07, 6.45) is 0. The molecule has 0 unspecified atom stereocenters. The van der Waals surface area contributed by atoms with E-state index < -0.39 is 59.8 Å². The third-order valence-electron chi connectivity index (χ3n) is 2.55. The molecule has 0 atom stereocenters. The Balaban J connectivity index is 5.74. The first-order valence-corrected chi connectivity index (χ1v) is 11.0. The lowest BCUT2D eigenvalue weighted by Gasteiger charge is -2.25. The molecule has 0 aliphatic rings. The third-order valence-corrected chi connectivity index (χ3v) is 3.88. The number of ether oxygens (including phenoxy) is 3. The molecule has 0 heterocycles. The summed E-state index contributed by atoms with van der Waals surface area (Å²) in [6, 6.07) is 0. The Kier molecular flexibility index (Phi) is 9.37. The van der Waals surface area contributed by atoms with Gasteiger partial charge in [-0.3, -0.25) is 0 Å². The smallest absolute Gasteiger partial charge is 0.454 e. The van der Waals surface area contributed by atoms with Crippen molar-refractivity contribution >= 4 is 25.7 Å². The summed E-state index contributed by atoms with van der Waals surface area (Å²) in [7, 11) is -4.95. The molecule has 0 saturated heterocycles. The average Bonchev–Trinajstić information content (AvgIpc) is 2.49. The van der Waals surface area contributed by atoms with Crippen molar-refractivity contribution in [3.63, 3.8) is 0 Å². The molecule has 0 fully saturated rings. The molecule has 0 saturated carbocycles. The SMILES string of the molecule is C=C(OP(=O)(OC(=C)C(=O)OC(C)(C)C)OC(=C)C(=O)OC(C)(C)C)C(=O)OC(C)(C)C. The number of hydrogen-bond acceptors (Lipinski definition) is 10. The van der Waals surface area contributed by atoms with Crippen molar-refractivity contribution in [3.8, 4) is 0 Å². The van der Waals surface area contributed by atoms with Crippen LogP contribution >= 0.6 is 7.82 Å². The standard InChI is InChI=1S/C21H33O10P/c1-13(16(22)26-19(4,5)6)29-32(25,30-14(2)17(23)27-20(7,8)9)31-15(3)18(24)28-21(10,11)12/h1-3H2,4-12H3. The predicted molar refractivity (Wildman–Crippen MR) is 116 cm³/mol. The van der Waals surface area contributed by atoms with Gasteiger partial charge in [0.2, 0.25) is 17.3 Å². The topological polar surface area (TPSA) is 124 Å². The van der Waals surface area contributed by atoms with Crippen LogP contribution in [0.1, 0.15) is 62.3 Å². The van der Waals surface area contributed by atoms with Crippen molar-refractivity contribution in [1.29, 1.82) is 0 Å². The monoisotopic (exact) mass is 476 g/mol. The fourth-order valence-electron chi connectivity index (χ4n) is 1.58. The van der Waals surface area contributed by atoms with Gasteiger partial charge < -0.3 is 27.8 Å². The second-order valence-electron chi connectivity index (χ2n) is 9.50. The van der Waals surface area contributed by atoms with Gasteiger partial charge >= 0.3 is 25.7 Å². The van der Waals surface area contributed by atoms with E-state index in [1.165, 1.54) is 0 Å². The highest BCUT2D eigenvalue weighted by molar-refractivity contribution is 7.49. The Labute approximate surface area is 189 Å². The van der Waals surface area contributed by atoms with E-state index in [0.29, 0.717) is 0 Å². The number of phosphoric ester groups is 1. The largest absolute Gasteiger partial charge is 0.647 e. The highest BCUT2D eigenvalue weighted by Gasteiger charge is 2.41. The van der Waals surface area contributed by atoms with Gasteiger partial charge in [-0.25, -0.2) is 14.4 Å². The molecule has 0 radical (unpaired) electrons. The number of carbonyl (C=O) groups excluding carboxylic acids is 3. The zero-order valence-corrected chi connectivity index (χ0v) is 21.0. The fourth-order valence-corrected chi connectivity index (χ4v) is 2.72. The lowest BCUT2D eigenvalue weighted by Crippen LogP contribution is -2.27. The first kappa shape index (κ1) is 29.3. The number of hydrogen-bond donors (Lipinski definition) is 0. The van der Waals surface area contributed by atoms with Crippen molar-refractivity contribution in [1.82, 2.24) is 0 Å². The zero-order valence-electron chi connectivity index (χ0n) is 20.2. The van der Waals surface area contributed by atoms with Crippen LogP contribution in [-0.2, 0) is 46.7 Å². The molecule has 0 aromatic rings. The fraction of sp³-hybridized carbons (Fsp3) is 0.571. The molecule has 32 heavy (non-hydrogen) atoms. The summed E-state index contributed by atoms with van der Waals surface area (Å²) < 4.78 is 43.2. The summed E-state index contributed by atoms with van der Waals surface area (Å²) in [6.45, 7) is 24.2. The first-order chi connectivity index (χ1) is 14.0. The molecule has 0 spiro atoms. The van der Waals surface area contributed by atoms with Crippen molar-refractivity contribution in [2.24, 2.45) is 0 Å². The molecule has 0 aromatic heterocycles. The van der Waals surface area contributed by atoms with E-state index in [-0.39, 0.29) is 0 Å². The molecule has 0 aliphatic carbocycles. The molecular formula is C21H33O10P. The van der Waals surface area contributed by atoms with Crippen molar-refractivity contribution < 1.29 is 46.7 Å². The lowest BCUT2D eigenvalue weighted by molar-refractivity contribution is -0.152. The molecule has 0 aliphatic heterocycles. The van der Waals surface area contributed by atoms with Gasteiger partial charge in [-0.2, -0.15) is 4.57 Å². The normalized spacial score (nSPS) is 12.2. The minimum Gasteiger partial charge on any atom is -0.454 e. The number of rotatable bonds is 9. The maximum atomic E-state index is 13.2. The van der Waals surface area contributed by atoms with Gasteiger partial charge in [0.15, 0.2) is 0 Å². The van der Waals surface area contributed by atoms with Crippen molar-refractivity contribution in [2.75, 3.05) is 0 Å². The maximum absolute atomic E-state index is 13.2. The second kappa shape index (κ2) is 10.3. The van der Waals surface area contributed by atoms with Crippen LogP contribution in [0.15, 0.2) is 37.0 Å². The highest BCUT2D eigenvalue weighted by atomic mass is 31.2. The summed E-state index contributed by atoms with van der Waals surface area (Å²) in [5.41, 5.74) is -2.76. The van der Waals surface area contributed by atoms with E-state index in [0.717, 1.165) is 0 Å². The van der Waals surface area contributed by atoms with E-state index >= 15 is 0 Å². The van der Waals surface area contributed by atoms with Crippen LogP contribution in [-0.4, -0.2) is 34.7 Å². The maximum Gasteiger partial charge on any atom is 0.647 e. The Morgan fingerprint density at radius 1 is 0.531 bits per heavy atom. The van der Waals surface area contributed by atoms with Gasteiger partial charge in [0.05, 0.1) is 0 Å². The van der Waals surface area contributed by atoms with Crippen LogP contribution in [0.3, 0.4) is 0 Å². The second-order valence-corrected chi connectivity index (χ2v) is 10.9. The molecule has 10 nitrogen and oxygen atoms in total. The molecule has 182 valence electrons. The minimum absolute atomic E-state index is 0.780. The van der Waals surface area contributed by atoms with Gasteiger partial charge in [-0.1, -0.05) is 0 Å². The van der Waals surface area contributed by atoms with E-state index in [4.69, 9.17) is 27.8 Å². The molecule has 0 N–H and O–H groups in total. The number of esters is 3. The number of phosphoric acid groups is 1. The van der Waals surface area contributed by atoms with Crippen molar-refractivity contribution in [2.45, 2.75) is 79.1 Å². The Hall–Kier alpha value is -2.74. The average molecular weight is 476 g/mol. The molecule has 0 amide bonds. The van der Waals surface area contributed by atoms with Gasteiger partial charge in [0, 0.05) is 0 Å². The molecule has 0 rings (SSSR count). The predicted octanol–water partition coefficient (Wildman–Crippen LogP) is 4.71. The van der Waals surface area contributed by atoms with Gasteiger partial charge in [0.25, 0.3) is 0 Å². The Morgan fingerprint density at radius 3 is 0.875 bits per heavy atom. The van der Waals surface area contributed by atoms with Crippen LogP contribution in [0, 0.1) is 0 Å². The summed E-state index contributed by atoms with van der Waals surface area (Å²) in [5, 5.41) is 0. The van der Waals surface area contributed by atoms with Crippen molar-refractivity contribution in [3.05, 3.63) is 37.0 Å². The van der Waals surface area contributed by atoms with Crippen LogP contribution < -0.4 is 0 Å². The van der Waals surface area contributed by atoms with Gasteiger partial charge in [-0.15, -0.1) is 0 Å². The minimum atomic E-state index is -4.95. The van der Waals surface area contributed by atoms with E-state index in [9.17, 15) is 18.9 Å². The highest BCUT2D eigenvalue weighted by Crippen LogP contribution is 2.55. The number of carbonyl (C=O) groups is 3. The van der Waals surface area contributed by atoms with Crippen LogP contribution in [0.4, 0.5) is 0 Å². The Bertz CT molecular complexity index is 725. The van der Waals surface area contributed by atoms with Crippen LogP contribution in [0.2, 0.25) is 0 Å². The summed E-state index contributed by atoms with van der Waals surface area (Å²) in [4.78, 5) is 36.4. The van der Waals surface area contributed by atoms with E-state index in [1.54, 1.807) is 62.3 Å². The summed E-state index contributed by atoms with van der Waals surface area (Å²) >= 11 is 0. The quantitative estimate of drug-likeness (QED) is 0.152. The molecular weight excluding hydrogens is 443 g/mol. The van der Waals surface area contributed by atoms with Gasteiger partial charge in [0.1, 0.15) is 16.8 Å². The first-order valence-electron chi connectivity index (χ1n) is 9.49. The lowest BCUT2D eigenvalue weighted by atomic mass is 10.2. The third kappa shape index (κ3) is 12.2.